The van der Waals surface area contributed by atoms with E-state index in [2.05, 4.69) is 27.2 Å². The Morgan fingerprint density at radius 2 is 2.44 bits per heavy atom. The minimum atomic E-state index is 0.321. The van der Waals surface area contributed by atoms with E-state index in [1.165, 1.54) is 25.8 Å². The topological polar surface area (TPSA) is 67.1 Å². The van der Waals surface area contributed by atoms with E-state index in [4.69, 9.17) is 5.73 Å². The molecule has 1 atom stereocenters. The molecule has 3 N–H and O–H groups in total. The highest BCUT2D eigenvalue weighted by Crippen LogP contribution is 2.15. The molecule has 16 heavy (non-hydrogen) atoms. The zero-order valence-electron chi connectivity index (χ0n) is 9.69. The summed E-state index contributed by atoms with van der Waals surface area (Å²) in [7, 11) is 2.18. The Bertz CT molecular complexity index is 341. The fraction of sp³-hybridized carbons (Fsp3) is 0.636. The largest absolute Gasteiger partial charge is 0.368 e. The van der Waals surface area contributed by atoms with Crippen molar-refractivity contribution in [3.05, 3.63) is 12.3 Å². The second-order valence-corrected chi connectivity index (χ2v) is 4.31. The number of nitrogen functional groups attached to an aromatic ring is 1. The summed E-state index contributed by atoms with van der Waals surface area (Å²) in [6.07, 6.45) is 5.56. The highest BCUT2D eigenvalue weighted by atomic mass is 15.2. The number of anilines is 2. The molecule has 2 heterocycles. The molecule has 2 rings (SSSR count). The molecular weight excluding hydrogens is 202 g/mol. The van der Waals surface area contributed by atoms with Gasteiger partial charge < -0.3 is 16.0 Å². The molecule has 1 aromatic heterocycles. The summed E-state index contributed by atoms with van der Waals surface area (Å²) >= 11 is 0. The van der Waals surface area contributed by atoms with E-state index in [1.807, 2.05) is 6.07 Å². The number of rotatable bonds is 3. The Morgan fingerprint density at radius 3 is 3.19 bits per heavy atom. The molecule has 1 fully saturated rings. The minimum Gasteiger partial charge on any atom is -0.368 e. The summed E-state index contributed by atoms with van der Waals surface area (Å²) in [5.41, 5.74) is 5.52. The van der Waals surface area contributed by atoms with E-state index in [1.54, 1.807) is 6.20 Å². The van der Waals surface area contributed by atoms with Gasteiger partial charge >= 0.3 is 0 Å². The van der Waals surface area contributed by atoms with Crippen molar-refractivity contribution in [1.29, 1.82) is 0 Å². The van der Waals surface area contributed by atoms with Gasteiger partial charge in [-0.1, -0.05) is 6.42 Å². The quantitative estimate of drug-likeness (QED) is 0.795. The standard InChI is InChI=1S/C11H19N5/c1-16-7-3-2-4-9(16)8-14-10-5-6-13-11(12)15-10/h5-6,9H,2-4,7-8H2,1H3,(H3,12,13,14,15). The average molecular weight is 221 g/mol. The summed E-state index contributed by atoms with van der Waals surface area (Å²) in [4.78, 5) is 10.4. The molecule has 5 nitrogen and oxygen atoms in total. The highest BCUT2D eigenvalue weighted by molar-refractivity contribution is 5.37. The predicted octanol–water partition coefficient (Wildman–Crippen LogP) is 0.955. The van der Waals surface area contributed by atoms with Crippen LogP contribution in [0.2, 0.25) is 0 Å². The summed E-state index contributed by atoms with van der Waals surface area (Å²) in [6.45, 7) is 2.12. The first-order chi connectivity index (χ1) is 7.75. The van der Waals surface area contributed by atoms with Crippen LogP contribution in [0.3, 0.4) is 0 Å². The normalized spacial score (nSPS) is 21.9. The van der Waals surface area contributed by atoms with E-state index in [0.717, 1.165) is 12.4 Å². The Kier molecular flexibility index (Phi) is 3.56. The number of piperidine rings is 1. The van der Waals surface area contributed by atoms with Crippen LogP contribution in [-0.4, -0.2) is 41.0 Å². The smallest absolute Gasteiger partial charge is 0.221 e. The van der Waals surface area contributed by atoms with Crippen LogP contribution < -0.4 is 11.1 Å². The maximum Gasteiger partial charge on any atom is 0.221 e. The number of hydrogen-bond donors (Lipinski definition) is 2. The van der Waals surface area contributed by atoms with Gasteiger partial charge in [0.2, 0.25) is 5.95 Å². The number of likely N-dealkylation sites (tertiary alicyclic amines) is 1. The van der Waals surface area contributed by atoms with Crippen LogP contribution in [0.15, 0.2) is 12.3 Å². The van der Waals surface area contributed by atoms with Crippen LogP contribution in [-0.2, 0) is 0 Å². The number of aromatic nitrogens is 2. The third kappa shape index (κ3) is 2.82. The number of nitrogens with one attached hydrogen (secondary N) is 1. The van der Waals surface area contributed by atoms with Gasteiger partial charge in [-0.25, -0.2) is 4.98 Å². The molecule has 0 saturated carbocycles. The van der Waals surface area contributed by atoms with Gasteiger partial charge in [0.15, 0.2) is 0 Å². The monoisotopic (exact) mass is 221 g/mol. The molecule has 0 amide bonds. The Morgan fingerprint density at radius 1 is 1.56 bits per heavy atom. The first kappa shape index (κ1) is 11.1. The van der Waals surface area contributed by atoms with Crippen molar-refractivity contribution in [2.75, 3.05) is 31.2 Å². The van der Waals surface area contributed by atoms with E-state index in [9.17, 15) is 0 Å². The van der Waals surface area contributed by atoms with Crippen LogP contribution in [0.4, 0.5) is 11.8 Å². The van der Waals surface area contributed by atoms with Crippen LogP contribution >= 0.6 is 0 Å². The van der Waals surface area contributed by atoms with Crippen molar-refractivity contribution in [1.82, 2.24) is 14.9 Å². The highest BCUT2D eigenvalue weighted by Gasteiger charge is 2.18. The first-order valence-electron chi connectivity index (χ1n) is 5.78. The first-order valence-corrected chi connectivity index (χ1v) is 5.78. The fourth-order valence-corrected chi connectivity index (χ4v) is 2.10. The summed E-state index contributed by atoms with van der Waals surface area (Å²) in [5, 5.41) is 3.31. The molecule has 0 aromatic carbocycles. The molecule has 1 saturated heterocycles. The maximum atomic E-state index is 5.52. The van der Waals surface area contributed by atoms with Crippen molar-refractivity contribution < 1.29 is 0 Å². The maximum absolute atomic E-state index is 5.52. The van der Waals surface area contributed by atoms with Crippen molar-refractivity contribution in [3.8, 4) is 0 Å². The van der Waals surface area contributed by atoms with Crippen LogP contribution in [0.25, 0.3) is 0 Å². The van der Waals surface area contributed by atoms with Gasteiger partial charge in [0.25, 0.3) is 0 Å². The van der Waals surface area contributed by atoms with Gasteiger partial charge in [-0.3, -0.25) is 0 Å². The van der Waals surface area contributed by atoms with Gasteiger partial charge in [0, 0.05) is 18.8 Å². The molecule has 5 heteroatoms. The van der Waals surface area contributed by atoms with Gasteiger partial charge in [0.05, 0.1) is 0 Å². The third-order valence-corrected chi connectivity index (χ3v) is 3.11. The molecule has 1 unspecified atom stereocenters. The van der Waals surface area contributed by atoms with Crippen molar-refractivity contribution in [3.63, 3.8) is 0 Å². The molecule has 0 aliphatic carbocycles. The lowest BCUT2D eigenvalue weighted by Gasteiger charge is -2.32. The van der Waals surface area contributed by atoms with E-state index < -0.39 is 0 Å². The third-order valence-electron chi connectivity index (χ3n) is 3.11. The number of nitrogens with zero attached hydrogens (tertiary/aromatic N) is 3. The molecular formula is C11H19N5. The zero-order chi connectivity index (χ0) is 11.4. The van der Waals surface area contributed by atoms with Gasteiger partial charge in [-0.15, -0.1) is 0 Å². The van der Waals surface area contributed by atoms with E-state index in [0.29, 0.717) is 12.0 Å². The van der Waals surface area contributed by atoms with Gasteiger partial charge in [-0.05, 0) is 32.5 Å². The number of likely N-dealkylation sites (N-methyl/N-ethyl adjacent to an activating group) is 1. The van der Waals surface area contributed by atoms with Gasteiger partial charge in [-0.2, -0.15) is 4.98 Å². The molecule has 0 bridgehead atoms. The zero-order valence-corrected chi connectivity index (χ0v) is 9.69. The van der Waals surface area contributed by atoms with Crippen molar-refractivity contribution in [2.24, 2.45) is 0 Å². The lowest BCUT2D eigenvalue weighted by Crippen LogP contribution is -2.40. The Balaban J connectivity index is 1.86. The second kappa shape index (κ2) is 5.12. The minimum absolute atomic E-state index is 0.321. The lowest BCUT2D eigenvalue weighted by atomic mass is 10.0. The molecule has 1 aliphatic heterocycles. The lowest BCUT2D eigenvalue weighted by molar-refractivity contribution is 0.194. The van der Waals surface area contributed by atoms with Crippen molar-refractivity contribution >= 4 is 11.8 Å². The average Bonchev–Trinajstić information content (AvgIpc) is 2.28. The Hall–Kier alpha value is -1.36. The van der Waals surface area contributed by atoms with Crippen molar-refractivity contribution in [2.45, 2.75) is 25.3 Å². The van der Waals surface area contributed by atoms with E-state index in [-0.39, 0.29) is 0 Å². The van der Waals surface area contributed by atoms with E-state index >= 15 is 0 Å². The molecule has 1 aliphatic rings. The van der Waals surface area contributed by atoms with Gasteiger partial charge in [0.1, 0.15) is 5.82 Å². The second-order valence-electron chi connectivity index (χ2n) is 4.31. The number of nitrogens with two attached hydrogens (primary N) is 1. The van der Waals surface area contributed by atoms with Crippen LogP contribution in [0, 0.1) is 0 Å². The van der Waals surface area contributed by atoms with Crippen LogP contribution in [0.5, 0.6) is 0 Å². The predicted molar refractivity (Wildman–Crippen MR) is 65.2 cm³/mol. The SMILES string of the molecule is CN1CCCCC1CNc1ccnc(N)n1. The number of hydrogen-bond acceptors (Lipinski definition) is 5. The molecule has 0 spiro atoms. The summed E-state index contributed by atoms with van der Waals surface area (Å²) in [5.74, 6) is 1.13. The fourth-order valence-electron chi connectivity index (χ4n) is 2.10. The van der Waals surface area contributed by atoms with Crippen LogP contribution in [0.1, 0.15) is 19.3 Å². The molecule has 88 valence electrons. The Labute approximate surface area is 96.1 Å². The summed E-state index contributed by atoms with van der Waals surface area (Å²) < 4.78 is 0. The molecule has 1 aromatic rings. The summed E-state index contributed by atoms with van der Waals surface area (Å²) in [6, 6.07) is 2.45. The molecule has 0 radical (unpaired) electrons.